The fraction of sp³-hybridized carbons (Fsp3) is 0.0952. The summed E-state index contributed by atoms with van der Waals surface area (Å²) in [6, 6.07) is 6.98. The van der Waals surface area contributed by atoms with Crippen molar-refractivity contribution in [3.8, 4) is 11.3 Å². The van der Waals surface area contributed by atoms with Gasteiger partial charge in [-0.05, 0) is 47.3 Å². The number of rotatable bonds is 5. The number of nitrogens with one attached hydrogen (secondary N) is 1. The van der Waals surface area contributed by atoms with Crippen LogP contribution in [0.15, 0.2) is 42.6 Å². The Morgan fingerprint density at radius 2 is 1.91 bits per heavy atom. The van der Waals surface area contributed by atoms with Crippen molar-refractivity contribution in [3.63, 3.8) is 0 Å². The molecule has 0 aliphatic carbocycles. The molecule has 10 nitrogen and oxygen atoms in total. The minimum atomic E-state index is -3.44. The summed E-state index contributed by atoms with van der Waals surface area (Å²) in [6.45, 7) is 0. The quantitative estimate of drug-likeness (QED) is 0.167. The first-order chi connectivity index (χ1) is 16.4. The molecule has 0 fully saturated rings. The number of aromatic nitrogens is 3. The number of amides is 1. The van der Waals surface area contributed by atoms with Gasteiger partial charge in [-0.25, -0.2) is 18.7 Å². The predicted octanol–water partition coefficient (Wildman–Crippen LogP) is 1.17. The Labute approximate surface area is 202 Å². The Bertz CT molecular complexity index is 1460. The summed E-state index contributed by atoms with van der Waals surface area (Å²) >= 11 is 6.04. The highest BCUT2D eigenvalue weighted by Gasteiger charge is 2.33. The number of aliphatic hydroxyl groups is 4. The zero-order valence-electron chi connectivity index (χ0n) is 17.4. The number of imidazole rings is 1. The maximum absolute atomic E-state index is 15.1. The number of fused-ring (bicyclic) bond motifs is 1. The van der Waals surface area contributed by atoms with E-state index < -0.39 is 35.4 Å². The van der Waals surface area contributed by atoms with Gasteiger partial charge in [0.1, 0.15) is 33.8 Å². The fourth-order valence-electron chi connectivity index (χ4n) is 3.46. The lowest BCUT2D eigenvalue weighted by Gasteiger charge is -2.13. The number of carbonyl (C=O) groups excluding carboxylic acids is 1. The molecule has 0 aliphatic heterocycles. The van der Waals surface area contributed by atoms with Gasteiger partial charge in [-0.3, -0.25) is 9.20 Å². The van der Waals surface area contributed by atoms with E-state index in [4.69, 9.17) is 17.3 Å². The molecule has 0 radical (unpaired) electrons. The highest BCUT2D eigenvalue weighted by molar-refractivity contribution is 7.27. The average Bonchev–Trinajstić information content (AvgIpc) is 3.17. The number of nitrogen functional groups attached to an aromatic ring is 1. The van der Waals surface area contributed by atoms with E-state index in [1.165, 1.54) is 24.3 Å². The van der Waals surface area contributed by atoms with Gasteiger partial charge in [0.15, 0.2) is 6.10 Å². The lowest BCUT2D eigenvalue weighted by Crippen LogP contribution is -2.27. The van der Waals surface area contributed by atoms with Gasteiger partial charge >= 0.3 is 5.97 Å². The molecule has 2 aromatic carbocycles. The molecule has 0 aliphatic rings. The van der Waals surface area contributed by atoms with Crippen molar-refractivity contribution < 1.29 is 34.0 Å². The normalized spacial score (nSPS) is 12.7. The van der Waals surface area contributed by atoms with Crippen LogP contribution in [0.3, 0.4) is 0 Å². The molecular weight excluding hydrogens is 507 g/mol. The lowest BCUT2D eigenvalue weighted by atomic mass is 10.1. The highest BCUT2D eigenvalue weighted by atomic mass is 35.5. The van der Waals surface area contributed by atoms with E-state index >= 15 is 4.39 Å². The second kappa shape index (κ2) is 9.08. The van der Waals surface area contributed by atoms with E-state index in [0.717, 1.165) is 22.7 Å². The van der Waals surface area contributed by atoms with Gasteiger partial charge in [-0.1, -0.05) is 11.6 Å². The van der Waals surface area contributed by atoms with Gasteiger partial charge in [0.2, 0.25) is 5.82 Å². The Morgan fingerprint density at radius 3 is 2.54 bits per heavy atom. The van der Waals surface area contributed by atoms with Crippen LogP contribution in [0, 0.1) is 11.6 Å². The Morgan fingerprint density at radius 1 is 1.20 bits per heavy atom. The summed E-state index contributed by atoms with van der Waals surface area (Å²) in [5, 5.41) is 41.8. The standard InChI is InChI=1S/C21H17ClF2N5O5P/c22-14-7-26-18(25)16-15(28-20(29(14)16)21(32,33)34)12-2-1-10(6-13(12)24)27-19(31)17(30)8-3-9(23)5-11(35)4-8/h1-7,17,30,32-34H,35H2,(H2,25,26)(H,27,31). The van der Waals surface area contributed by atoms with Crippen LogP contribution < -0.4 is 16.4 Å². The maximum Gasteiger partial charge on any atom is 0.339 e. The molecule has 2 atom stereocenters. The number of nitrogens with two attached hydrogens (primary N) is 1. The van der Waals surface area contributed by atoms with Crippen LogP contribution in [0.5, 0.6) is 0 Å². The number of carbonyl (C=O) groups is 1. The van der Waals surface area contributed by atoms with Crippen LogP contribution in [0.25, 0.3) is 16.8 Å². The van der Waals surface area contributed by atoms with E-state index in [2.05, 4.69) is 24.5 Å². The molecule has 2 heterocycles. The largest absolute Gasteiger partial charge is 0.382 e. The van der Waals surface area contributed by atoms with Gasteiger partial charge in [-0.15, -0.1) is 9.24 Å². The van der Waals surface area contributed by atoms with Crippen molar-refractivity contribution in [2.24, 2.45) is 0 Å². The van der Waals surface area contributed by atoms with E-state index in [1.807, 2.05) is 0 Å². The third-order valence-corrected chi connectivity index (χ3v) is 5.54. The minimum absolute atomic E-state index is 0.00181. The zero-order valence-corrected chi connectivity index (χ0v) is 19.4. The lowest BCUT2D eigenvalue weighted by molar-refractivity contribution is -0.329. The number of hydrogen-bond acceptors (Lipinski definition) is 8. The molecule has 0 saturated carbocycles. The van der Waals surface area contributed by atoms with Crippen LogP contribution in [0.1, 0.15) is 17.5 Å². The first-order valence-corrected chi connectivity index (χ1v) is 10.7. The summed E-state index contributed by atoms with van der Waals surface area (Å²) in [6.07, 6.45) is -0.656. The summed E-state index contributed by atoms with van der Waals surface area (Å²) in [5.74, 6) is -6.91. The van der Waals surface area contributed by atoms with Gasteiger partial charge in [-0.2, -0.15) is 0 Å². The van der Waals surface area contributed by atoms with Crippen LogP contribution in [0.2, 0.25) is 5.15 Å². The first kappa shape index (κ1) is 24.9. The third-order valence-electron chi connectivity index (χ3n) is 4.94. The van der Waals surface area contributed by atoms with Gasteiger partial charge < -0.3 is 31.5 Å². The van der Waals surface area contributed by atoms with Crippen molar-refractivity contribution in [3.05, 3.63) is 70.8 Å². The second-order valence-corrected chi connectivity index (χ2v) is 8.53. The number of benzene rings is 2. The molecule has 2 unspecified atom stereocenters. The van der Waals surface area contributed by atoms with Crippen molar-refractivity contribution >= 4 is 49.1 Å². The maximum atomic E-state index is 15.1. The Hall–Kier alpha value is -3.25. The first-order valence-electron chi connectivity index (χ1n) is 9.71. The molecule has 1 amide bonds. The van der Waals surface area contributed by atoms with E-state index in [-0.39, 0.29) is 39.0 Å². The van der Waals surface area contributed by atoms with Crippen LogP contribution in [-0.4, -0.2) is 40.7 Å². The van der Waals surface area contributed by atoms with E-state index in [1.54, 1.807) is 0 Å². The minimum Gasteiger partial charge on any atom is -0.382 e. The fourth-order valence-corrected chi connectivity index (χ4v) is 4.02. The average molecular weight is 524 g/mol. The third kappa shape index (κ3) is 4.80. The SMILES string of the molecule is Nc1ncc(Cl)n2c(C(O)(O)O)nc(-c3ccc(NC(=O)C(O)c4cc(F)cc(P)c4)cc3F)c12. The molecule has 0 bridgehead atoms. The Balaban J connectivity index is 1.70. The van der Waals surface area contributed by atoms with Gasteiger partial charge in [0.25, 0.3) is 5.91 Å². The number of nitrogens with zero attached hydrogens (tertiary/aromatic N) is 3. The second-order valence-electron chi connectivity index (χ2n) is 7.47. The van der Waals surface area contributed by atoms with Gasteiger partial charge in [0, 0.05) is 11.3 Å². The smallest absolute Gasteiger partial charge is 0.339 e. The summed E-state index contributed by atoms with van der Waals surface area (Å²) in [4.78, 5) is 20.2. The monoisotopic (exact) mass is 523 g/mol. The van der Waals surface area contributed by atoms with Gasteiger partial charge in [0.05, 0.1) is 6.20 Å². The Kier molecular flexibility index (Phi) is 6.45. The van der Waals surface area contributed by atoms with E-state index in [0.29, 0.717) is 5.30 Å². The molecule has 0 spiro atoms. The summed E-state index contributed by atoms with van der Waals surface area (Å²) in [5.41, 5.74) is 5.28. The van der Waals surface area contributed by atoms with Crippen molar-refractivity contribution in [2.45, 2.75) is 12.1 Å². The van der Waals surface area contributed by atoms with Crippen molar-refractivity contribution in [1.29, 1.82) is 0 Å². The molecule has 4 rings (SSSR count). The zero-order chi connectivity index (χ0) is 25.7. The molecular formula is C21H17ClF2N5O5P. The number of anilines is 2. The van der Waals surface area contributed by atoms with Crippen molar-refractivity contribution in [2.75, 3.05) is 11.1 Å². The topological polar surface area (TPSA) is 166 Å². The van der Waals surface area contributed by atoms with E-state index in [9.17, 15) is 29.6 Å². The molecule has 2 aromatic heterocycles. The van der Waals surface area contributed by atoms with Crippen molar-refractivity contribution in [1.82, 2.24) is 14.4 Å². The van der Waals surface area contributed by atoms with Crippen LogP contribution in [-0.2, 0) is 10.8 Å². The summed E-state index contributed by atoms with van der Waals surface area (Å²) < 4.78 is 29.6. The molecule has 7 N–H and O–H groups in total. The predicted molar refractivity (Wildman–Crippen MR) is 125 cm³/mol. The molecule has 14 heteroatoms. The van der Waals surface area contributed by atoms with Crippen LogP contribution in [0.4, 0.5) is 20.3 Å². The summed E-state index contributed by atoms with van der Waals surface area (Å²) in [7, 11) is 2.25. The molecule has 0 saturated heterocycles. The molecule has 35 heavy (non-hydrogen) atoms. The highest BCUT2D eigenvalue weighted by Crippen LogP contribution is 2.35. The number of halogens is 3. The molecule has 182 valence electrons. The van der Waals surface area contributed by atoms with Crippen LogP contribution >= 0.6 is 20.8 Å². The number of aliphatic hydroxyl groups excluding tert-OH is 1. The number of hydrogen-bond donors (Lipinski definition) is 6. The molecule has 4 aromatic rings.